The summed E-state index contributed by atoms with van der Waals surface area (Å²) in [6.45, 7) is 2.76. The molecule has 5 rings (SSSR count). The molecule has 0 bridgehead atoms. The molecule has 4 heteroatoms. The third-order valence-electron chi connectivity index (χ3n) is 5.78. The van der Waals surface area contributed by atoms with Crippen molar-refractivity contribution in [1.82, 2.24) is 4.90 Å². The fraction of sp³-hybridized carbons (Fsp3) is 0.292. The Morgan fingerprint density at radius 1 is 1.07 bits per heavy atom. The van der Waals surface area contributed by atoms with Gasteiger partial charge in [-0.3, -0.25) is 4.79 Å². The van der Waals surface area contributed by atoms with Gasteiger partial charge in [0, 0.05) is 29.9 Å². The maximum atomic E-state index is 12.6. The van der Waals surface area contributed by atoms with E-state index in [4.69, 9.17) is 4.74 Å². The van der Waals surface area contributed by atoms with Crippen LogP contribution in [0.25, 0.3) is 0 Å². The Kier molecular flexibility index (Phi) is 6.56. The summed E-state index contributed by atoms with van der Waals surface area (Å²) in [4.78, 5) is 14.6. The van der Waals surface area contributed by atoms with Crippen molar-refractivity contribution >= 4 is 5.91 Å². The molecule has 0 N–H and O–H groups in total. The number of ether oxygens (including phenoxy) is 1. The maximum Gasteiger partial charge on any atom is 0.225 e. The molecule has 0 aromatic heterocycles. The minimum atomic E-state index is -0.480. The first kappa shape index (κ1) is 20.6. The van der Waals surface area contributed by atoms with Crippen molar-refractivity contribution in [3.05, 3.63) is 96.1 Å². The van der Waals surface area contributed by atoms with E-state index < -0.39 is 5.72 Å². The third-order valence-corrected chi connectivity index (χ3v) is 5.78. The number of rotatable bonds is 3. The molecular weight excluding hydrogens is 390 g/mol. The number of fused-ring (bicyclic) bond motifs is 1. The van der Waals surface area contributed by atoms with Gasteiger partial charge in [-0.15, -0.1) is 0 Å². The number of carbonyl (C=O) groups excluding carboxylic acids is 1. The van der Waals surface area contributed by atoms with Crippen molar-refractivity contribution in [1.29, 1.82) is 0 Å². The Morgan fingerprint density at radius 3 is 2.29 bits per heavy atom. The van der Waals surface area contributed by atoms with Crippen molar-refractivity contribution in [3.8, 4) is 0 Å². The van der Waals surface area contributed by atoms with Crippen LogP contribution < -0.4 is 0 Å². The second kappa shape index (κ2) is 8.91. The molecule has 1 amide bonds. The standard InChI is InChI=1S/C19H20NO2.C5H5.Fe/c1-14(15-7-5-6-8-15)19-12-11-18(21)20(19)17(13-22-19)16-9-3-2-4-10-16;1-2-4-5-3-1;/h2-10,14,17H,11-13H2,1H3;1-5H;/q-1;-5;/t14?,17-,19+;;/m0../s1. The van der Waals surface area contributed by atoms with E-state index in [1.54, 1.807) is 0 Å². The second-order valence-electron chi connectivity index (χ2n) is 7.25. The Balaban J connectivity index is 0.000000329. The van der Waals surface area contributed by atoms with Crippen LogP contribution in [-0.2, 0) is 26.6 Å². The number of benzene rings is 1. The number of nitrogens with zero attached hydrogens (tertiary/aromatic N) is 1. The average Bonchev–Trinajstić information content (AvgIpc) is 3.49. The fourth-order valence-corrected chi connectivity index (χ4v) is 4.34. The molecule has 2 aliphatic heterocycles. The Hall–Kier alpha value is -2.13. The topological polar surface area (TPSA) is 29.5 Å². The predicted molar refractivity (Wildman–Crippen MR) is 106 cm³/mol. The van der Waals surface area contributed by atoms with Crippen molar-refractivity contribution in [3.63, 3.8) is 0 Å². The van der Waals surface area contributed by atoms with E-state index in [-0.39, 0.29) is 34.9 Å². The van der Waals surface area contributed by atoms with Crippen LogP contribution >= 0.6 is 0 Å². The van der Waals surface area contributed by atoms with Gasteiger partial charge in [0.25, 0.3) is 0 Å². The summed E-state index contributed by atoms with van der Waals surface area (Å²) < 4.78 is 6.29. The monoisotopic (exact) mass is 415 g/mol. The summed E-state index contributed by atoms with van der Waals surface area (Å²) in [5.74, 6) is 0.396. The summed E-state index contributed by atoms with van der Waals surface area (Å²) in [5.41, 5.74) is 1.93. The van der Waals surface area contributed by atoms with Crippen molar-refractivity contribution in [2.45, 2.75) is 37.5 Å². The quantitative estimate of drug-likeness (QED) is 0.445. The van der Waals surface area contributed by atoms with Crippen LogP contribution in [0.5, 0.6) is 0 Å². The van der Waals surface area contributed by atoms with Crippen LogP contribution in [0.4, 0.5) is 0 Å². The molecule has 2 saturated heterocycles. The molecule has 3 aromatic carbocycles. The van der Waals surface area contributed by atoms with Gasteiger partial charge in [-0.1, -0.05) is 37.3 Å². The molecule has 0 radical (unpaired) electrons. The van der Waals surface area contributed by atoms with Gasteiger partial charge in [0.2, 0.25) is 5.91 Å². The van der Waals surface area contributed by atoms with Gasteiger partial charge in [0.15, 0.2) is 0 Å². The van der Waals surface area contributed by atoms with E-state index in [1.807, 2.05) is 65.6 Å². The average molecular weight is 415 g/mol. The molecule has 2 fully saturated rings. The molecule has 152 valence electrons. The van der Waals surface area contributed by atoms with Gasteiger partial charge in [-0.05, 0) is 11.5 Å². The van der Waals surface area contributed by atoms with Crippen LogP contribution in [0.1, 0.15) is 42.9 Å². The zero-order valence-corrected chi connectivity index (χ0v) is 17.1. The van der Waals surface area contributed by atoms with Crippen LogP contribution in [0.3, 0.4) is 0 Å². The smallest absolute Gasteiger partial charge is 0.225 e. The van der Waals surface area contributed by atoms with Gasteiger partial charge in [0.05, 0.1) is 12.6 Å². The van der Waals surface area contributed by atoms with E-state index in [9.17, 15) is 4.79 Å². The molecule has 0 saturated carbocycles. The molecule has 0 spiro atoms. The van der Waals surface area contributed by atoms with Crippen molar-refractivity contribution in [2.75, 3.05) is 6.61 Å². The minimum Gasteiger partial charge on any atom is -0.748 e. The summed E-state index contributed by atoms with van der Waals surface area (Å²) in [7, 11) is 0. The molecule has 3 atom stereocenters. The number of amides is 1. The minimum absolute atomic E-state index is 0. The van der Waals surface area contributed by atoms with Crippen LogP contribution in [0, 0.1) is 0 Å². The molecule has 2 heterocycles. The molecule has 0 aliphatic carbocycles. The predicted octanol–water partition coefficient (Wildman–Crippen LogP) is 5.00. The zero-order chi connectivity index (χ0) is 18.7. The maximum absolute atomic E-state index is 12.6. The molecule has 3 aromatic rings. The normalized spacial score (nSPS) is 24.1. The first-order valence-electron chi connectivity index (χ1n) is 9.62. The first-order valence-corrected chi connectivity index (χ1v) is 9.62. The number of carbonyl (C=O) groups is 1. The largest absolute Gasteiger partial charge is 0.748 e. The van der Waals surface area contributed by atoms with Gasteiger partial charge >= 0.3 is 0 Å². The van der Waals surface area contributed by atoms with Gasteiger partial charge in [-0.2, -0.15) is 17.7 Å². The summed E-state index contributed by atoms with van der Waals surface area (Å²) in [5, 5.41) is 0. The van der Waals surface area contributed by atoms with Crippen LogP contribution in [0.15, 0.2) is 84.9 Å². The Labute approximate surface area is 177 Å². The van der Waals surface area contributed by atoms with Gasteiger partial charge in [0.1, 0.15) is 5.72 Å². The molecule has 28 heavy (non-hydrogen) atoms. The van der Waals surface area contributed by atoms with E-state index in [1.165, 1.54) is 5.56 Å². The molecular formula is C24H25FeNO2-6. The van der Waals surface area contributed by atoms with Crippen molar-refractivity contribution < 1.29 is 26.6 Å². The molecule has 2 aliphatic rings. The van der Waals surface area contributed by atoms with Crippen LogP contribution in [0.2, 0.25) is 0 Å². The van der Waals surface area contributed by atoms with E-state index in [0.717, 1.165) is 12.0 Å². The molecule has 1 unspecified atom stereocenters. The van der Waals surface area contributed by atoms with Gasteiger partial charge < -0.3 is 40.0 Å². The summed E-state index contributed by atoms with van der Waals surface area (Å²) in [6.07, 6.45) is 1.36. The summed E-state index contributed by atoms with van der Waals surface area (Å²) in [6, 6.07) is 28.6. The van der Waals surface area contributed by atoms with Crippen LogP contribution in [-0.4, -0.2) is 23.1 Å². The van der Waals surface area contributed by atoms with E-state index in [0.29, 0.717) is 13.0 Å². The third kappa shape index (κ3) is 3.73. The van der Waals surface area contributed by atoms with Crippen molar-refractivity contribution in [2.24, 2.45) is 0 Å². The van der Waals surface area contributed by atoms with E-state index >= 15 is 0 Å². The zero-order valence-electron chi connectivity index (χ0n) is 16.0. The second-order valence-corrected chi connectivity index (χ2v) is 7.25. The van der Waals surface area contributed by atoms with E-state index in [2.05, 4.69) is 31.2 Å². The molecule has 3 nitrogen and oxygen atoms in total. The Morgan fingerprint density at radius 2 is 1.68 bits per heavy atom. The first-order chi connectivity index (χ1) is 13.2. The Bertz CT molecular complexity index is 827. The number of hydrogen-bond donors (Lipinski definition) is 0. The number of hydrogen-bond acceptors (Lipinski definition) is 2. The fourth-order valence-electron chi connectivity index (χ4n) is 4.34. The van der Waals surface area contributed by atoms with Gasteiger partial charge in [-0.25, -0.2) is 12.1 Å². The SMILES string of the molecule is CC([c-]1cccc1)[C@]12CCC(=O)N1[C@H](c1ccccc1)CO2.[Fe].[cH-]1[cH-][cH-][cH-][cH-]1. The summed E-state index contributed by atoms with van der Waals surface area (Å²) >= 11 is 0.